The van der Waals surface area contributed by atoms with Crippen molar-refractivity contribution in [3.63, 3.8) is 0 Å². The molecule has 0 aromatic heterocycles. The Kier molecular flexibility index (Phi) is 4.10. The van der Waals surface area contributed by atoms with E-state index in [9.17, 15) is 12.8 Å². The fraction of sp³-hybridized carbons (Fsp3) is 0.538. The molecule has 6 heteroatoms. The van der Waals surface area contributed by atoms with Crippen LogP contribution in [-0.4, -0.2) is 26.5 Å². The van der Waals surface area contributed by atoms with E-state index in [1.807, 2.05) is 0 Å². The van der Waals surface area contributed by atoms with Crippen molar-refractivity contribution in [1.29, 1.82) is 0 Å². The normalized spacial score (nSPS) is 23.8. The maximum Gasteiger partial charge on any atom is 0.165 e. The van der Waals surface area contributed by atoms with Crippen LogP contribution in [-0.2, 0) is 9.84 Å². The molecule has 106 valence electrons. The Morgan fingerprint density at radius 1 is 1.42 bits per heavy atom. The standard InChI is InChI=1S/C13H18FNO3S/c1-18-11-6-5-9(8-10(11)14)13(15)12-4-2-3-7-19(12,16)17/h5-6,8,12-13H,2-4,7,15H2,1H3. The molecule has 1 aliphatic heterocycles. The molecule has 2 rings (SSSR count). The Hall–Kier alpha value is -1.14. The van der Waals surface area contributed by atoms with Crippen molar-refractivity contribution in [2.45, 2.75) is 30.6 Å². The van der Waals surface area contributed by atoms with Crippen LogP contribution in [0.2, 0.25) is 0 Å². The van der Waals surface area contributed by atoms with Gasteiger partial charge in [0.2, 0.25) is 0 Å². The Morgan fingerprint density at radius 3 is 2.74 bits per heavy atom. The van der Waals surface area contributed by atoms with Crippen molar-refractivity contribution in [3.8, 4) is 5.75 Å². The van der Waals surface area contributed by atoms with Crippen LogP contribution in [0.25, 0.3) is 0 Å². The van der Waals surface area contributed by atoms with E-state index in [1.54, 1.807) is 6.07 Å². The van der Waals surface area contributed by atoms with E-state index in [4.69, 9.17) is 10.5 Å². The molecule has 0 amide bonds. The second-order valence-electron chi connectivity index (χ2n) is 4.82. The third kappa shape index (κ3) is 2.90. The highest BCUT2D eigenvalue weighted by Gasteiger charge is 2.34. The Bertz CT molecular complexity index is 559. The first-order valence-electron chi connectivity index (χ1n) is 6.26. The van der Waals surface area contributed by atoms with Gasteiger partial charge in [-0.15, -0.1) is 0 Å². The molecule has 0 aliphatic carbocycles. The molecule has 1 heterocycles. The van der Waals surface area contributed by atoms with Crippen LogP contribution in [0.1, 0.15) is 30.9 Å². The third-order valence-corrected chi connectivity index (χ3v) is 5.90. The lowest BCUT2D eigenvalue weighted by atomic mass is 10.00. The lowest BCUT2D eigenvalue weighted by Gasteiger charge is -2.27. The molecular weight excluding hydrogens is 269 g/mol. The van der Waals surface area contributed by atoms with Gasteiger partial charge in [0.15, 0.2) is 21.4 Å². The zero-order valence-electron chi connectivity index (χ0n) is 10.8. The zero-order valence-corrected chi connectivity index (χ0v) is 11.6. The predicted molar refractivity (Wildman–Crippen MR) is 71.3 cm³/mol. The second kappa shape index (κ2) is 5.46. The van der Waals surface area contributed by atoms with E-state index >= 15 is 0 Å². The van der Waals surface area contributed by atoms with Gasteiger partial charge < -0.3 is 10.5 Å². The van der Waals surface area contributed by atoms with Crippen molar-refractivity contribution in [2.24, 2.45) is 5.73 Å². The molecule has 0 saturated carbocycles. The molecule has 4 nitrogen and oxygen atoms in total. The summed E-state index contributed by atoms with van der Waals surface area (Å²) >= 11 is 0. The van der Waals surface area contributed by atoms with Gasteiger partial charge in [0.05, 0.1) is 18.1 Å². The maximum atomic E-state index is 13.6. The SMILES string of the molecule is COc1ccc(C(N)C2CCCCS2(=O)=O)cc1F. The van der Waals surface area contributed by atoms with Crippen molar-refractivity contribution in [3.05, 3.63) is 29.6 Å². The summed E-state index contributed by atoms with van der Waals surface area (Å²) in [6, 6.07) is 3.66. The highest BCUT2D eigenvalue weighted by atomic mass is 32.2. The van der Waals surface area contributed by atoms with E-state index in [-0.39, 0.29) is 11.5 Å². The minimum atomic E-state index is -3.18. The van der Waals surface area contributed by atoms with E-state index in [0.717, 1.165) is 6.42 Å². The van der Waals surface area contributed by atoms with Gasteiger partial charge in [-0.05, 0) is 30.5 Å². The molecule has 0 spiro atoms. The molecule has 0 bridgehead atoms. The number of nitrogens with two attached hydrogens (primary N) is 1. The number of rotatable bonds is 3. The van der Waals surface area contributed by atoms with Gasteiger partial charge in [0.25, 0.3) is 0 Å². The number of hydrogen-bond acceptors (Lipinski definition) is 4. The number of benzene rings is 1. The van der Waals surface area contributed by atoms with Gasteiger partial charge in [-0.3, -0.25) is 0 Å². The van der Waals surface area contributed by atoms with Crippen molar-refractivity contribution in [1.82, 2.24) is 0 Å². The molecular formula is C13H18FNO3S. The number of methoxy groups -OCH3 is 1. The first-order valence-corrected chi connectivity index (χ1v) is 7.98. The van der Waals surface area contributed by atoms with Gasteiger partial charge >= 0.3 is 0 Å². The summed E-state index contributed by atoms with van der Waals surface area (Å²) in [6.45, 7) is 0. The highest BCUT2D eigenvalue weighted by molar-refractivity contribution is 7.92. The molecule has 2 unspecified atom stereocenters. The molecule has 1 aliphatic rings. The maximum absolute atomic E-state index is 13.6. The quantitative estimate of drug-likeness (QED) is 0.920. The van der Waals surface area contributed by atoms with E-state index in [1.165, 1.54) is 19.2 Å². The summed E-state index contributed by atoms with van der Waals surface area (Å²) in [5.74, 6) is -0.226. The topological polar surface area (TPSA) is 69.4 Å². The van der Waals surface area contributed by atoms with E-state index in [0.29, 0.717) is 18.4 Å². The highest BCUT2D eigenvalue weighted by Crippen LogP contribution is 2.30. The van der Waals surface area contributed by atoms with Crippen LogP contribution >= 0.6 is 0 Å². The summed E-state index contributed by atoms with van der Waals surface area (Å²) < 4.78 is 42.5. The average Bonchev–Trinajstić information content (AvgIpc) is 2.37. The first-order chi connectivity index (χ1) is 8.95. The molecule has 1 aromatic carbocycles. The summed E-state index contributed by atoms with van der Waals surface area (Å²) in [7, 11) is -1.80. The van der Waals surface area contributed by atoms with E-state index < -0.39 is 26.9 Å². The number of ether oxygens (including phenoxy) is 1. The molecule has 19 heavy (non-hydrogen) atoms. The average molecular weight is 287 g/mol. The van der Waals surface area contributed by atoms with Gasteiger partial charge in [0, 0.05) is 6.04 Å². The largest absolute Gasteiger partial charge is 0.494 e. The summed E-state index contributed by atoms with van der Waals surface area (Å²) in [5.41, 5.74) is 6.51. The van der Waals surface area contributed by atoms with Crippen LogP contribution in [0.4, 0.5) is 4.39 Å². The second-order valence-corrected chi connectivity index (χ2v) is 7.16. The zero-order chi connectivity index (χ0) is 14.0. The van der Waals surface area contributed by atoms with Gasteiger partial charge in [0.1, 0.15) is 0 Å². The predicted octanol–water partition coefficient (Wildman–Crippen LogP) is 1.80. The summed E-state index contributed by atoms with van der Waals surface area (Å²) in [4.78, 5) is 0. The lowest BCUT2D eigenvalue weighted by Crippen LogP contribution is -2.37. The smallest absolute Gasteiger partial charge is 0.165 e. The Morgan fingerprint density at radius 2 is 2.16 bits per heavy atom. The Labute approximate surface area is 112 Å². The van der Waals surface area contributed by atoms with Crippen LogP contribution < -0.4 is 10.5 Å². The number of hydrogen-bond donors (Lipinski definition) is 1. The molecule has 1 aromatic rings. The lowest BCUT2D eigenvalue weighted by molar-refractivity contribution is 0.385. The van der Waals surface area contributed by atoms with Crippen molar-refractivity contribution in [2.75, 3.05) is 12.9 Å². The van der Waals surface area contributed by atoms with Crippen molar-refractivity contribution < 1.29 is 17.5 Å². The van der Waals surface area contributed by atoms with Crippen LogP contribution in [0.15, 0.2) is 18.2 Å². The summed E-state index contributed by atoms with van der Waals surface area (Å²) in [6.07, 6.45) is 2.07. The van der Waals surface area contributed by atoms with Gasteiger partial charge in [-0.25, -0.2) is 12.8 Å². The van der Waals surface area contributed by atoms with Gasteiger partial charge in [-0.1, -0.05) is 12.5 Å². The summed E-state index contributed by atoms with van der Waals surface area (Å²) in [5, 5.41) is -0.617. The number of halogens is 1. The first kappa shape index (κ1) is 14.3. The van der Waals surface area contributed by atoms with Gasteiger partial charge in [-0.2, -0.15) is 0 Å². The molecule has 1 fully saturated rings. The number of sulfone groups is 1. The molecule has 0 radical (unpaired) electrons. The minimum Gasteiger partial charge on any atom is -0.494 e. The van der Waals surface area contributed by atoms with E-state index in [2.05, 4.69) is 0 Å². The van der Waals surface area contributed by atoms with Crippen LogP contribution in [0, 0.1) is 5.82 Å². The fourth-order valence-corrected chi connectivity index (χ4v) is 4.53. The monoisotopic (exact) mass is 287 g/mol. The van der Waals surface area contributed by atoms with Crippen molar-refractivity contribution >= 4 is 9.84 Å². The third-order valence-electron chi connectivity index (χ3n) is 3.59. The molecule has 2 N–H and O–H groups in total. The molecule has 1 saturated heterocycles. The van der Waals surface area contributed by atoms with Crippen LogP contribution in [0.3, 0.4) is 0 Å². The fourth-order valence-electron chi connectivity index (χ4n) is 2.49. The minimum absolute atomic E-state index is 0.127. The van der Waals surface area contributed by atoms with Crippen LogP contribution in [0.5, 0.6) is 5.75 Å². The Balaban J connectivity index is 2.28. The molecule has 2 atom stereocenters.